The van der Waals surface area contributed by atoms with Crippen LogP contribution in [0, 0.1) is 0 Å². The summed E-state index contributed by atoms with van der Waals surface area (Å²) in [4.78, 5) is 8.98. The van der Waals surface area contributed by atoms with Gasteiger partial charge in [-0.3, -0.25) is 9.97 Å². The van der Waals surface area contributed by atoms with E-state index in [1.165, 1.54) is 0 Å². The van der Waals surface area contributed by atoms with Crippen LogP contribution in [-0.4, -0.2) is 17.0 Å². The third kappa shape index (κ3) is 2.57. The molecule has 3 aromatic rings. The fourth-order valence-corrected chi connectivity index (χ4v) is 2.52. The number of aromatic nitrogens is 2. The Bertz CT molecular complexity index is 725. The zero-order valence-corrected chi connectivity index (χ0v) is 12.6. The maximum absolute atomic E-state index is 4.52. The second kappa shape index (κ2) is 5.69. The van der Waals surface area contributed by atoms with Crippen molar-refractivity contribution in [2.75, 3.05) is 7.05 Å². The molecule has 0 saturated heterocycles. The van der Waals surface area contributed by atoms with Crippen molar-refractivity contribution < 1.29 is 0 Å². The number of para-hydroxylation sites is 1. The second-order valence-corrected chi connectivity index (χ2v) is 5.50. The van der Waals surface area contributed by atoms with Gasteiger partial charge in [0.05, 0.1) is 17.3 Å². The highest BCUT2D eigenvalue weighted by atomic mass is 79.9. The van der Waals surface area contributed by atoms with Gasteiger partial charge in [-0.05, 0) is 52.8 Å². The van der Waals surface area contributed by atoms with E-state index >= 15 is 0 Å². The van der Waals surface area contributed by atoms with Gasteiger partial charge >= 0.3 is 0 Å². The molecule has 3 rings (SSSR count). The van der Waals surface area contributed by atoms with E-state index in [-0.39, 0.29) is 6.04 Å². The number of fused-ring (bicyclic) bond motifs is 1. The van der Waals surface area contributed by atoms with E-state index in [1.807, 2.05) is 49.8 Å². The maximum atomic E-state index is 4.52. The summed E-state index contributed by atoms with van der Waals surface area (Å²) in [6.07, 6.45) is 3.72. The van der Waals surface area contributed by atoms with Gasteiger partial charge in [0.2, 0.25) is 0 Å². The average Bonchev–Trinajstić information content (AvgIpc) is 2.50. The third-order valence-corrected chi connectivity index (χ3v) is 3.75. The fourth-order valence-electron chi connectivity index (χ4n) is 2.29. The Kier molecular flexibility index (Phi) is 3.76. The van der Waals surface area contributed by atoms with Gasteiger partial charge in [-0.25, -0.2) is 0 Å². The lowest BCUT2D eigenvalue weighted by atomic mass is 10.0. The van der Waals surface area contributed by atoms with Crippen molar-refractivity contribution in [1.29, 1.82) is 0 Å². The van der Waals surface area contributed by atoms with E-state index in [0.29, 0.717) is 0 Å². The number of nitrogens with zero attached hydrogens (tertiary/aromatic N) is 2. The molecule has 1 N–H and O–H groups in total. The predicted molar refractivity (Wildman–Crippen MR) is 84.6 cm³/mol. The molecular weight excluding hydrogens is 314 g/mol. The summed E-state index contributed by atoms with van der Waals surface area (Å²) < 4.78 is 0.979. The zero-order chi connectivity index (χ0) is 13.9. The predicted octanol–water partition coefficient (Wildman–Crippen LogP) is 3.70. The van der Waals surface area contributed by atoms with Crippen molar-refractivity contribution in [1.82, 2.24) is 15.3 Å². The van der Waals surface area contributed by atoms with Gasteiger partial charge in [0.25, 0.3) is 0 Å². The lowest BCUT2D eigenvalue weighted by Crippen LogP contribution is -2.19. The van der Waals surface area contributed by atoms with Crippen molar-refractivity contribution in [3.8, 4) is 0 Å². The Morgan fingerprint density at radius 2 is 1.90 bits per heavy atom. The molecule has 2 heterocycles. The normalized spacial score (nSPS) is 12.5. The maximum Gasteiger partial charge on any atom is 0.0764 e. The molecule has 1 atom stereocenters. The van der Waals surface area contributed by atoms with Crippen LogP contribution in [0.3, 0.4) is 0 Å². The van der Waals surface area contributed by atoms with Crippen LogP contribution in [0.4, 0.5) is 0 Å². The molecule has 0 amide bonds. The molecule has 100 valence electrons. The van der Waals surface area contributed by atoms with Gasteiger partial charge in [-0.15, -0.1) is 0 Å². The highest BCUT2D eigenvalue weighted by Crippen LogP contribution is 2.23. The summed E-state index contributed by atoms with van der Waals surface area (Å²) in [6, 6.07) is 14.3. The van der Waals surface area contributed by atoms with Gasteiger partial charge in [0, 0.05) is 22.3 Å². The van der Waals surface area contributed by atoms with E-state index < -0.39 is 0 Å². The van der Waals surface area contributed by atoms with Crippen LogP contribution < -0.4 is 5.32 Å². The van der Waals surface area contributed by atoms with Crippen molar-refractivity contribution in [2.45, 2.75) is 6.04 Å². The molecule has 0 aliphatic carbocycles. The van der Waals surface area contributed by atoms with E-state index in [4.69, 9.17) is 0 Å². The van der Waals surface area contributed by atoms with Crippen molar-refractivity contribution in [3.63, 3.8) is 0 Å². The third-order valence-electron chi connectivity index (χ3n) is 3.28. The van der Waals surface area contributed by atoms with E-state index in [9.17, 15) is 0 Å². The van der Waals surface area contributed by atoms with Crippen molar-refractivity contribution >= 4 is 26.8 Å². The monoisotopic (exact) mass is 327 g/mol. The van der Waals surface area contributed by atoms with Gasteiger partial charge < -0.3 is 5.32 Å². The minimum absolute atomic E-state index is 0.0419. The quantitative estimate of drug-likeness (QED) is 0.797. The number of hydrogen-bond donors (Lipinski definition) is 1. The van der Waals surface area contributed by atoms with E-state index in [0.717, 1.165) is 26.6 Å². The summed E-state index contributed by atoms with van der Waals surface area (Å²) in [5.74, 6) is 0. The lowest BCUT2D eigenvalue weighted by Gasteiger charge is -2.16. The largest absolute Gasteiger partial charge is 0.308 e. The highest BCUT2D eigenvalue weighted by Gasteiger charge is 2.14. The number of hydrogen-bond acceptors (Lipinski definition) is 3. The zero-order valence-electron chi connectivity index (χ0n) is 11.0. The van der Waals surface area contributed by atoms with Crippen LogP contribution in [0.25, 0.3) is 10.9 Å². The summed E-state index contributed by atoms with van der Waals surface area (Å²) >= 11 is 3.41. The van der Waals surface area contributed by atoms with Gasteiger partial charge in [0.1, 0.15) is 0 Å². The summed E-state index contributed by atoms with van der Waals surface area (Å²) in [5, 5.41) is 4.44. The van der Waals surface area contributed by atoms with Crippen LogP contribution in [0.1, 0.15) is 17.3 Å². The minimum Gasteiger partial charge on any atom is -0.308 e. The van der Waals surface area contributed by atoms with E-state index in [2.05, 4.69) is 43.3 Å². The first-order chi connectivity index (χ1) is 9.78. The Hall–Kier alpha value is -1.78. The van der Waals surface area contributed by atoms with Crippen molar-refractivity contribution in [3.05, 3.63) is 70.6 Å². The molecule has 1 unspecified atom stereocenters. The van der Waals surface area contributed by atoms with E-state index in [1.54, 1.807) is 0 Å². The first kappa shape index (κ1) is 13.2. The lowest BCUT2D eigenvalue weighted by molar-refractivity contribution is 0.669. The van der Waals surface area contributed by atoms with Crippen LogP contribution in [0.15, 0.2) is 59.3 Å². The molecule has 20 heavy (non-hydrogen) atoms. The van der Waals surface area contributed by atoms with Gasteiger partial charge in [0.15, 0.2) is 0 Å². The minimum atomic E-state index is 0.0419. The Balaban J connectivity index is 2.04. The van der Waals surface area contributed by atoms with Crippen LogP contribution in [0.2, 0.25) is 0 Å². The second-order valence-electron chi connectivity index (χ2n) is 4.58. The molecule has 3 nitrogen and oxygen atoms in total. The van der Waals surface area contributed by atoms with Crippen LogP contribution in [0.5, 0.6) is 0 Å². The smallest absolute Gasteiger partial charge is 0.0764 e. The molecule has 0 spiro atoms. The molecule has 0 radical (unpaired) electrons. The van der Waals surface area contributed by atoms with Crippen molar-refractivity contribution in [2.24, 2.45) is 0 Å². The molecule has 4 heteroatoms. The topological polar surface area (TPSA) is 37.8 Å². The van der Waals surface area contributed by atoms with Crippen LogP contribution in [-0.2, 0) is 0 Å². The molecule has 0 aliphatic rings. The Morgan fingerprint density at radius 3 is 2.65 bits per heavy atom. The number of rotatable bonds is 3. The van der Waals surface area contributed by atoms with Gasteiger partial charge in [-0.1, -0.05) is 18.2 Å². The number of nitrogens with one attached hydrogen (secondary N) is 1. The van der Waals surface area contributed by atoms with Gasteiger partial charge in [-0.2, -0.15) is 0 Å². The first-order valence-electron chi connectivity index (χ1n) is 6.41. The summed E-state index contributed by atoms with van der Waals surface area (Å²) in [7, 11) is 1.93. The molecule has 0 saturated carbocycles. The standard InChI is InChI=1S/C16H14BrN3/c1-18-16(15-7-6-13(17)10-20-15)12-8-11-4-2-3-5-14(11)19-9-12/h2-10,16,18H,1H3. The summed E-state index contributed by atoms with van der Waals surface area (Å²) in [6.45, 7) is 0. The molecule has 0 fully saturated rings. The fraction of sp³-hybridized carbons (Fsp3) is 0.125. The Morgan fingerprint density at radius 1 is 1.05 bits per heavy atom. The molecule has 0 aliphatic heterocycles. The number of halogens is 1. The summed E-state index contributed by atoms with van der Waals surface area (Å²) in [5.41, 5.74) is 3.10. The highest BCUT2D eigenvalue weighted by molar-refractivity contribution is 9.10. The first-order valence-corrected chi connectivity index (χ1v) is 7.20. The SMILES string of the molecule is CNC(c1cnc2ccccc2c1)c1ccc(Br)cn1. The molecule has 2 aromatic heterocycles. The number of pyridine rings is 2. The Labute approximate surface area is 126 Å². The number of benzene rings is 1. The average molecular weight is 328 g/mol. The molecular formula is C16H14BrN3. The molecule has 1 aromatic carbocycles. The van der Waals surface area contributed by atoms with Crippen LogP contribution >= 0.6 is 15.9 Å². The molecule has 0 bridgehead atoms.